The maximum Gasteiger partial charge on any atom is 0.352 e. The third kappa shape index (κ3) is 3.53. The second kappa shape index (κ2) is 7.59. The number of benzene rings is 1. The number of rotatable bonds is 5. The van der Waals surface area contributed by atoms with Crippen molar-refractivity contribution in [3.8, 4) is 5.82 Å². The highest BCUT2D eigenvalue weighted by atomic mass is 16.4. The Morgan fingerprint density at radius 3 is 2.57 bits per heavy atom. The van der Waals surface area contributed by atoms with Crippen molar-refractivity contribution in [1.82, 2.24) is 34.9 Å². The molecule has 0 spiro atoms. The second-order valence-electron chi connectivity index (χ2n) is 6.50. The molecule has 4 rings (SSSR count). The monoisotopic (exact) mass is 403 g/mol. The van der Waals surface area contributed by atoms with Gasteiger partial charge in [0.2, 0.25) is 0 Å². The molecule has 30 heavy (non-hydrogen) atoms. The van der Waals surface area contributed by atoms with Gasteiger partial charge in [0.25, 0.3) is 5.91 Å². The average Bonchev–Trinajstić information content (AvgIpc) is 3.32. The molecule has 0 saturated heterocycles. The molecule has 0 fully saturated rings. The minimum atomic E-state index is -1.25. The molecule has 3 aromatic heterocycles. The zero-order chi connectivity index (χ0) is 21.3. The van der Waals surface area contributed by atoms with Crippen LogP contribution in [0.15, 0.2) is 54.5 Å². The summed E-state index contributed by atoms with van der Waals surface area (Å²) in [5.41, 5.74) is 2.53. The molecule has 1 amide bonds. The minimum absolute atomic E-state index is 0.253. The number of aromatic nitrogens is 6. The molecule has 10 nitrogen and oxygen atoms in total. The lowest BCUT2D eigenvalue weighted by atomic mass is 10.1. The van der Waals surface area contributed by atoms with Gasteiger partial charge in [0.1, 0.15) is 12.0 Å². The van der Waals surface area contributed by atoms with Gasteiger partial charge in [-0.3, -0.25) is 4.79 Å². The van der Waals surface area contributed by atoms with Gasteiger partial charge >= 0.3 is 5.97 Å². The number of fused-ring (bicyclic) bond motifs is 1. The first kappa shape index (κ1) is 19.0. The first-order chi connectivity index (χ1) is 14.4. The lowest BCUT2D eigenvalue weighted by Crippen LogP contribution is -2.27. The molecule has 0 aliphatic heterocycles. The summed E-state index contributed by atoms with van der Waals surface area (Å²) in [6, 6.07) is 11.9. The van der Waals surface area contributed by atoms with Crippen LogP contribution in [0.4, 0.5) is 0 Å². The zero-order valence-corrected chi connectivity index (χ0v) is 16.1. The van der Waals surface area contributed by atoms with Crippen LogP contribution >= 0.6 is 0 Å². The summed E-state index contributed by atoms with van der Waals surface area (Å²) < 4.78 is 3.11. The van der Waals surface area contributed by atoms with Crippen molar-refractivity contribution in [2.24, 2.45) is 0 Å². The molecular formula is C20H17N7O3. The number of aliphatic carboxylic acids is 1. The molecule has 150 valence electrons. The molecule has 0 bridgehead atoms. The van der Waals surface area contributed by atoms with Gasteiger partial charge in [0, 0.05) is 11.1 Å². The zero-order valence-electron chi connectivity index (χ0n) is 16.1. The van der Waals surface area contributed by atoms with Gasteiger partial charge in [-0.2, -0.15) is 9.61 Å². The first-order valence-electron chi connectivity index (χ1n) is 8.99. The molecule has 0 aliphatic rings. The van der Waals surface area contributed by atoms with Crippen molar-refractivity contribution in [2.45, 2.75) is 13.8 Å². The molecule has 0 aliphatic carbocycles. The van der Waals surface area contributed by atoms with Gasteiger partial charge in [0.15, 0.2) is 11.5 Å². The molecule has 0 atom stereocenters. The number of nitrogens with one attached hydrogen (secondary N) is 1. The van der Waals surface area contributed by atoms with Crippen LogP contribution < -0.4 is 5.32 Å². The Balaban J connectivity index is 1.70. The number of hydrogen-bond donors (Lipinski definition) is 2. The Morgan fingerprint density at radius 1 is 1.07 bits per heavy atom. The third-order valence-corrected chi connectivity index (χ3v) is 4.52. The van der Waals surface area contributed by atoms with E-state index in [2.05, 4.69) is 25.7 Å². The van der Waals surface area contributed by atoms with Gasteiger partial charge < -0.3 is 10.4 Å². The molecule has 4 aromatic rings. The molecule has 2 N–H and O–H groups in total. The van der Waals surface area contributed by atoms with Crippen molar-refractivity contribution in [1.29, 1.82) is 0 Å². The standard InChI is InChI=1S/C20H17N7O3/c1-12-15(10-16(20(29)30)22-19(28)14-6-4-3-5-7-14)13(2)27(24-12)18-9-8-17-23-21-11-26(17)25-18/h3-11H,1-2H3,(H,22,28)(H,29,30)/b16-10+. The fourth-order valence-electron chi connectivity index (χ4n) is 3.00. The van der Waals surface area contributed by atoms with E-state index in [9.17, 15) is 14.7 Å². The van der Waals surface area contributed by atoms with E-state index in [1.165, 1.54) is 16.9 Å². The van der Waals surface area contributed by atoms with Gasteiger partial charge in [-0.1, -0.05) is 18.2 Å². The molecule has 1 aromatic carbocycles. The number of carboxylic acids is 1. The maximum atomic E-state index is 12.4. The van der Waals surface area contributed by atoms with Gasteiger partial charge in [-0.05, 0) is 44.2 Å². The van der Waals surface area contributed by atoms with Crippen LogP contribution in [0.2, 0.25) is 0 Å². The van der Waals surface area contributed by atoms with Crippen LogP contribution in [0.25, 0.3) is 17.5 Å². The quantitative estimate of drug-likeness (QED) is 0.486. The lowest BCUT2D eigenvalue weighted by Gasteiger charge is -2.07. The molecule has 0 unspecified atom stereocenters. The van der Waals surface area contributed by atoms with Gasteiger partial charge in [0.05, 0.1) is 11.4 Å². The summed E-state index contributed by atoms with van der Waals surface area (Å²) >= 11 is 0. The van der Waals surface area contributed by atoms with Crippen molar-refractivity contribution in [2.75, 3.05) is 0 Å². The number of carbonyl (C=O) groups is 2. The molecule has 3 heterocycles. The Kier molecular flexibility index (Phi) is 4.80. The number of carbonyl (C=O) groups excluding carboxylic acids is 1. The number of amides is 1. The average molecular weight is 403 g/mol. The van der Waals surface area contributed by atoms with Crippen LogP contribution in [0.3, 0.4) is 0 Å². The fraction of sp³-hybridized carbons (Fsp3) is 0.100. The van der Waals surface area contributed by atoms with Crippen LogP contribution in [0.5, 0.6) is 0 Å². The topological polar surface area (TPSA) is 127 Å². The van der Waals surface area contributed by atoms with Crippen LogP contribution in [-0.4, -0.2) is 46.6 Å². The maximum absolute atomic E-state index is 12.4. The van der Waals surface area contributed by atoms with E-state index in [0.29, 0.717) is 34.0 Å². The normalized spacial score (nSPS) is 11.6. The smallest absolute Gasteiger partial charge is 0.352 e. The van der Waals surface area contributed by atoms with E-state index in [1.807, 2.05) is 0 Å². The highest BCUT2D eigenvalue weighted by Gasteiger charge is 2.18. The Labute approximate surface area is 170 Å². The summed E-state index contributed by atoms with van der Waals surface area (Å²) in [6.07, 6.45) is 2.88. The van der Waals surface area contributed by atoms with E-state index < -0.39 is 11.9 Å². The van der Waals surface area contributed by atoms with Crippen molar-refractivity contribution in [3.05, 3.63) is 77.0 Å². The number of hydrogen-bond acceptors (Lipinski definition) is 6. The SMILES string of the molecule is Cc1nn(-c2ccc3nncn3n2)c(C)c1/C=C(/NC(=O)c1ccccc1)C(=O)O. The van der Waals surface area contributed by atoms with Crippen LogP contribution in [0.1, 0.15) is 27.3 Å². The molecule has 10 heteroatoms. The van der Waals surface area contributed by atoms with Crippen LogP contribution in [-0.2, 0) is 4.79 Å². The van der Waals surface area contributed by atoms with E-state index >= 15 is 0 Å². The summed E-state index contributed by atoms with van der Waals surface area (Å²) in [6.45, 7) is 3.55. The molecular weight excluding hydrogens is 386 g/mol. The Morgan fingerprint density at radius 2 is 1.83 bits per heavy atom. The second-order valence-corrected chi connectivity index (χ2v) is 6.50. The molecule has 0 radical (unpaired) electrons. The highest BCUT2D eigenvalue weighted by molar-refractivity contribution is 6.02. The van der Waals surface area contributed by atoms with E-state index in [1.54, 1.807) is 61.0 Å². The van der Waals surface area contributed by atoms with E-state index in [0.717, 1.165) is 0 Å². The predicted molar refractivity (Wildman–Crippen MR) is 107 cm³/mol. The third-order valence-electron chi connectivity index (χ3n) is 4.52. The number of nitrogens with zero attached hydrogens (tertiary/aromatic N) is 6. The summed E-state index contributed by atoms with van der Waals surface area (Å²) in [5, 5.41) is 28.6. The summed E-state index contributed by atoms with van der Waals surface area (Å²) in [4.78, 5) is 24.1. The summed E-state index contributed by atoms with van der Waals surface area (Å²) in [5.74, 6) is -1.24. The lowest BCUT2D eigenvalue weighted by molar-refractivity contribution is -0.132. The fourth-order valence-corrected chi connectivity index (χ4v) is 3.00. The van der Waals surface area contributed by atoms with E-state index in [-0.39, 0.29) is 5.70 Å². The van der Waals surface area contributed by atoms with Crippen molar-refractivity contribution < 1.29 is 14.7 Å². The van der Waals surface area contributed by atoms with Crippen molar-refractivity contribution >= 4 is 23.6 Å². The first-order valence-corrected chi connectivity index (χ1v) is 8.99. The minimum Gasteiger partial charge on any atom is -0.477 e. The predicted octanol–water partition coefficient (Wildman–Crippen LogP) is 1.78. The molecule has 0 saturated carbocycles. The number of carboxylic acid groups (broad SMARTS) is 1. The van der Waals surface area contributed by atoms with E-state index in [4.69, 9.17) is 0 Å². The highest BCUT2D eigenvalue weighted by Crippen LogP contribution is 2.20. The summed E-state index contributed by atoms with van der Waals surface area (Å²) in [7, 11) is 0. The Hall–Kier alpha value is -4.34. The Bertz CT molecular complexity index is 1290. The largest absolute Gasteiger partial charge is 0.477 e. The van der Waals surface area contributed by atoms with Gasteiger partial charge in [-0.25, -0.2) is 9.48 Å². The van der Waals surface area contributed by atoms with Crippen LogP contribution in [0, 0.1) is 13.8 Å². The van der Waals surface area contributed by atoms with Crippen molar-refractivity contribution in [3.63, 3.8) is 0 Å². The van der Waals surface area contributed by atoms with Gasteiger partial charge in [-0.15, -0.1) is 15.3 Å². The number of aryl methyl sites for hydroxylation is 1.